The molecule has 2 heteroatoms. The third kappa shape index (κ3) is 2.31. The molecule has 0 aliphatic heterocycles. The summed E-state index contributed by atoms with van der Waals surface area (Å²) in [4.78, 5) is 0. The second-order valence-corrected chi connectivity index (χ2v) is 3.65. The fourth-order valence-corrected chi connectivity index (χ4v) is 1.70. The Balaban J connectivity index is 0.000000461. The van der Waals surface area contributed by atoms with Crippen LogP contribution >= 0.6 is 0 Å². The Kier molecular flexibility index (Phi) is 4.05. The van der Waals surface area contributed by atoms with Crippen molar-refractivity contribution in [1.29, 1.82) is 0 Å². The zero-order valence-electron chi connectivity index (χ0n) is 9.67. The van der Waals surface area contributed by atoms with E-state index in [1.165, 1.54) is 24.8 Å². The van der Waals surface area contributed by atoms with Crippen molar-refractivity contribution >= 4 is 0 Å². The maximum atomic E-state index is 4.13. The second-order valence-electron chi connectivity index (χ2n) is 3.65. The number of aromatic nitrogens is 2. The standard InChI is InChI=1S/C10H14N2.C2H6/c1-7-6-10(8(2)12-11-7)9-4-3-5-9;1-2/h6,9H,3-5H2,1-2H3;1-2H3. The van der Waals surface area contributed by atoms with Crippen LogP contribution in [0.5, 0.6) is 0 Å². The summed E-state index contributed by atoms with van der Waals surface area (Å²) in [5.41, 5.74) is 3.58. The van der Waals surface area contributed by atoms with E-state index in [0.717, 1.165) is 17.3 Å². The topological polar surface area (TPSA) is 25.8 Å². The third-order valence-corrected chi connectivity index (χ3v) is 2.68. The van der Waals surface area contributed by atoms with Gasteiger partial charge in [0.1, 0.15) is 0 Å². The smallest absolute Gasteiger partial charge is 0.0635 e. The van der Waals surface area contributed by atoms with Gasteiger partial charge in [-0.25, -0.2) is 0 Å². The molecular formula is C12H20N2. The van der Waals surface area contributed by atoms with Crippen LogP contribution in [0.3, 0.4) is 0 Å². The van der Waals surface area contributed by atoms with E-state index in [9.17, 15) is 0 Å². The van der Waals surface area contributed by atoms with Gasteiger partial charge < -0.3 is 0 Å². The molecule has 0 N–H and O–H groups in total. The van der Waals surface area contributed by atoms with E-state index in [0.29, 0.717) is 0 Å². The minimum atomic E-state index is 0.777. The first-order valence-corrected chi connectivity index (χ1v) is 5.58. The molecule has 1 heterocycles. The van der Waals surface area contributed by atoms with Gasteiger partial charge in [0.05, 0.1) is 11.4 Å². The van der Waals surface area contributed by atoms with Crippen molar-refractivity contribution in [1.82, 2.24) is 10.2 Å². The monoisotopic (exact) mass is 192 g/mol. The number of nitrogens with zero attached hydrogens (tertiary/aromatic N) is 2. The summed E-state index contributed by atoms with van der Waals surface area (Å²) in [5, 5.41) is 8.16. The molecule has 0 radical (unpaired) electrons. The van der Waals surface area contributed by atoms with Crippen LogP contribution in [0.4, 0.5) is 0 Å². The average Bonchev–Trinajstić information content (AvgIpc) is 2.12. The highest BCUT2D eigenvalue weighted by Gasteiger charge is 2.21. The van der Waals surface area contributed by atoms with E-state index < -0.39 is 0 Å². The largest absolute Gasteiger partial charge is 0.156 e. The second kappa shape index (κ2) is 5.08. The van der Waals surface area contributed by atoms with Crippen LogP contribution in [0.15, 0.2) is 6.07 Å². The van der Waals surface area contributed by atoms with E-state index in [2.05, 4.69) is 23.2 Å². The number of aryl methyl sites for hydroxylation is 2. The molecule has 0 atom stereocenters. The quantitative estimate of drug-likeness (QED) is 0.681. The lowest BCUT2D eigenvalue weighted by atomic mass is 9.79. The lowest BCUT2D eigenvalue weighted by molar-refractivity contribution is 0.416. The van der Waals surface area contributed by atoms with Gasteiger partial charge in [-0.2, -0.15) is 10.2 Å². The molecule has 0 saturated heterocycles. The van der Waals surface area contributed by atoms with Crippen molar-refractivity contribution in [3.8, 4) is 0 Å². The molecule has 1 aliphatic rings. The van der Waals surface area contributed by atoms with Crippen LogP contribution in [-0.2, 0) is 0 Å². The average molecular weight is 192 g/mol. The lowest BCUT2D eigenvalue weighted by Crippen LogP contribution is -2.12. The molecule has 0 aromatic carbocycles. The van der Waals surface area contributed by atoms with Crippen LogP contribution in [0.25, 0.3) is 0 Å². The predicted molar refractivity (Wildman–Crippen MR) is 59.4 cm³/mol. The van der Waals surface area contributed by atoms with Crippen LogP contribution in [0.1, 0.15) is 56.0 Å². The molecule has 1 aliphatic carbocycles. The Morgan fingerprint density at radius 1 is 1.14 bits per heavy atom. The summed E-state index contributed by atoms with van der Waals surface area (Å²) in [5.74, 6) is 0.777. The maximum Gasteiger partial charge on any atom is 0.0635 e. The molecule has 0 unspecified atom stereocenters. The van der Waals surface area contributed by atoms with Gasteiger partial charge in [0.25, 0.3) is 0 Å². The summed E-state index contributed by atoms with van der Waals surface area (Å²) < 4.78 is 0. The number of hydrogen-bond acceptors (Lipinski definition) is 2. The van der Waals surface area contributed by atoms with E-state index in [1.807, 2.05) is 20.8 Å². The van der Waals surface area contributed by atoms with Gasteiger partial charge in [-0.1, -0.05) is 20.3 Å². The lowest BCUT2D eigenvalue weighted by Gasteiger charge is -2.26. The van der Waals surface area contributed by atoms with Gasteiger partial charge in [-0.3, -0.25) is 0 Å². The van der Waals surface area contributed by atoms with Crippen LogP contribution in [0, 0.1) is 13.8 Å². The first-order chi connectivity index (χ1) is 6.77. The SMILES string of the molecule is CC.Cc1cc(C2CCC2)c(C)nn1. The van der Waals surface area contributed by atoms with Crippen LogP contribution in [0.2, 0.25) is 0 Å². The number of hydrogen-bond donors (Lipinski definition) is 0. The van der Waals surface area contributed by atoms with E-state index in [-0.39, 0.29) is 0 Å². The third-order valence-electron chi connectivity index (χ3n) is 2.68. The van der Waals surface area contributed by atoms with Crippen molar-refractivity contribution in [3.63, 3.8) is 0 Å². The highest BCUT2D eigenvalue weighted by atomic mass is 15.1. The normalized spacial score (nSPS) is 15.4. The minimum absolute atomic E-state index is 0.777. The van der Waals surface area contributed by atoms with Gasteiger partial charge in [-0.05, 0) is 44.2 Å². The van der Waals surface area contributed by atoms with Crippen molar-refractivity contribution in [2.24, 2.45) is 0 Å². The van der Waals surface area contributed by atoms with Crippen molar-refractivity contribution in [3.05, 3.63) is 23.0 Å². The van der Waals surface area contributed by atoms with Crippen molar-refractivity contribution in [2.45, 2.75) is 52.9 Å². The molecule has 2 nitrogen and oxygen atoms in total. The molecule has 0 bridgehead atoms. The van der Waals surface area contributed by atoms with Gasteiger partial charge in [-0.15, -0.1) is 0 Å². The van der Waals surface area contributed by atoms with Gasteiger partial charge in [0.2, 0.25) is 0 Å². The Bertz CT molecular complexity index is 290. The van der Waals surface area contributed by atoms with E-state index >= 15 is 0 Å². The first kappa shape index (κ1) is 11.2. The van der Waals surface area contributed by atoms with E-state index in [4.69, 9.17) is 0 Å². The zero-order valence-corrected chi connectivity index (χ0v) is 9.67. The maximum absolute atomic E-state index is 4.13. The molecule has 78 valence electrons. The van der Waals surface area contributed by atoms with Crippen molar-refractivity contribution in [2.75, 3.05) is 0 Å². The molecule has 0 spiro atoms. The zero-order chi connectivity index (χ0) is 10.6. The summed E-state index contributed by atoms with van der Waals surface area (Å²) in [7, 11) is 0. The van der Waals surface area contributed by atoms with Gasteiger partial charge >= 0.3 is 0 Å². The summed E-state index contributed by atoms with van der Waals surface area (Å²) in [6.45, 7) is 8.06. The molecule has 1 aromatic heterocycles. The molecule has 1 saturated carbocycles. The molecule has 0 amide bonds. The minimum Gasteiger partial charge on any atom is -0.156 e. The molecule has 2 rings (SSSR count). The molecule has 1 aromatic rings. The Labute approximate surface area is 86.8 Å². The Morgan fingerprint density at radius 3 is 2.29 bits per heavy atom. The van der Waals surface area contributed by atoms with Gasteiger partial charge in [0, 0.05) is 0 Å². The Hall–Kier alpha value is -0.920. The predicted octanol–water partition coefficient (Wildman–Crippen LogP) is 3.39. The van der Waals surface area contributed by atoms with Crippen molar-refractivity contribution < 1.29 is 0 Å². The fraction of sp³-hybridized carbons (Fsp3) is 0.667. The number of rotatable bonds is 1. The molecular weight excluding hydrogens is 172 g/mol. The highest BCUT2D eigenvalue weighted by Crippen LogP contribution is 2.37. The highest BCUT2D eigenvalue weighted by molar-refractivity contribution is 5.25. The fourth-order valence-electron chi connectivity index (χ4n) is 1.70. The Morgan fingerprint density at radius 2 is 1.79 bits per heavy atom. The molecule has 14 heavy (non-hydrogen) atoms. The van der Waals surface area contributed by atoms with E-state index in [1.54, 1.807) is 0 Å². The van der Waals surface area contributed by atoms with Crippen LogP contribution < -0.4 is 0 Å². The van der Waals surface area contributed by atoms with Gasteiger partial charge in [0.15, 0.2) is 0 Å². The first-order valence-electron chi connectivity index (χ1n) is 5.58. The molecule has 1 fully saturated rings. The van der Waals surface area contributed by atoms with Crippen LogP contribution in [-0.4, -0.2) is 10.2 Å². The summed E-state index contributed by atoms with van der Waals surface area (Å²) >= 11 is 0. The summed E-state index contributed by atoms with van der Waals surface area (Å²) in [6, 6.07) is 2.19. The summed E-state index contributed by atoms with van der Waals surface area (Å²) in [6.07, 6.45) is 4.06.